The average Bonchev–Trinajstić information content (AvgIpc) is 2.54. The second kappa shape index (κ2) is 4.85. The third kappa shape index (κ3) is 2.32. The topological polar surface area (TPSA) is 49.8 Å². The zero-order chi connectivity index (χ0) is 14.1. The van der Waals surface area contributed by atoms with Crippen LogP contribution in [0.5, 0.6) is 0 Å². The highest BCUT2D eigenvalue weighted by atomic mass is 16.6. The third-order valence-electron chi connectivity index (χ3n) is 4.11. The fourth-order valence-corrected chi connectivity index (χ4v) is 2.56. The Morgan fingerprint density at radius 2 is 1.89 bits per heavy atom. The Morgan fingerprint density at radius 1 is 1.26 bits per heavy atom. The van der Waals surface area contributed by atoms with Gasteiger partial charge in [-0.25, -0.2) is 4.79 Å². The van der Waals surface area contributed by atoms with E-state index in [2.05, 4.69) is 0 Å². The second-order valence-electron chi connectivity index (χ2n) is 5.35. The van der Waals surface area contributed by atoms with E-state index in [9.17, 15) is 9.90 Å². The van der Waals surface area contributed by atoms with Crippen LogP contribution in [0.15, 0.2) is 30.3 Å². The van der Waals surface area contributed by atoms with Crippen LogP contribution in [0.2, 0.25) is 0 Å². The summed E-state index contributed by atoms with van der Waals surface area (Å²) in [6.07, 6.45) is 0.910. The summed E-state index contributed by atoms with van der Waals surface area (Å²) in [5, 5.41) is 10.6. The van der Waals surface area contributed by atoms with Gasteiger partial charge in [0, 0.05) is 6.54 Å². The zero-order valence-corrected chi connectivity index (χ0v) is 11.7. The van der Waals surface area contributed by atoms with Crippen molar-refractivity contribution in [2.24, 2.45) is 0 Å². The number of aliphatic hydroxyl groups is 1. The number of benzene rings is 1. The number of carbonyl (C=O) groups is 1. The van der Waals surface area contributed by atoms with Gasteiger partial charge in [0.25, 0.3) is 0 Å². The predicted octanol–water partition coefficient (Wildman–Crippen LogP) is 2.56. The Labute approximate surface area is 114 Å². The number of hydrogen-bond donors (Lipinski definition) is 1. The molecule has 1 amide bonds. The first kappa shape index (κ1) is 13.9. The molecule has 1 N–H and O–H groups in total. The molecule has 19 heavy (non-hydrogen) atoms. The van der Waals surface area contributed by atoms with E-state index in [1.165, 1.54) is 10.5 Å². The summed E-state index contributed by atoms with van der Waals surface area (Å²) in [7, 11) is 0. The lowest BCUT2D eigenvalue weighted by Crippen LogP contribution is -2.55. The van der Waals surface area contributed by atoms with E-state index in [-0.39, 0.29) is 0 Å². The standard InChI is InChI=1S/C15H21NO3/c1-4-16-13(17)19-14(2,15(16,3)18)11-10-12-8-6-5-7-9-12/h5-9,18H,4,10-11H2,1-3H3/t14-,15-/m1/s1. The van der Waals surface area contributed by atoms with Crippen LogP contribution in [-0.2, 0) is 11.2 Å². The van der Waals surface area contributed by atoms with Crippen LogP contribution in [0.1, 0.15) is 32.8 Å². The Morgan fingerprint density at radius 3 is 2.42 bits per heavy atom. The fourth-order valence-electron chi connectivity index (χ4n) is 2.56. The molecule has 0 radical (unpaired) electrons. The summed E-state index contributed by atoms with van der Waals surface area (Å²) in [5.41, 5.74) is -0.977. The molecule has 1 fully saturated rings. The molecule has 1 aliphatic rings. The molecule has 0 saturated carbocycles. The molecule has 0 bridgehead atoms. The maximum atomic E-state index is 11.8. The van der Waals surface area contributed by atoms with E-state index in [4.69, 9.17) is 4.74 Å². The van der Waals surface area contributed by atoms with Gasteiger partial charge in [-0.1, -0.05) is 30.3 Å². The van der Waals surface area contributed by atoms with E-state index >= 15 is 0 Å². The smallest absolute Gasteiger partial charge is 0.412 e. The molecule has 0 aliphatic carbocycles. The van der Waals surface area contributed by atoms with Crippen molar-refractivity contribution in [1.82, 2.24) is 4.90 Å². The van der Waals surface area contributed by atoms with E-state index in [0.717, 1.165) is 6.42 Å². The SMILES string of the molecule is CCN1C(=O)O[C@](C)(CCc2ccccc2)[C@@]1(C)O. The molecule has 2 rings (SSSR count). The average molecular weight is 263 g/mol. The highest BCUT2D eigenvalue weighted by molar-refractivity contribution is 5.72. The minimum Gasteiger partial charge on any atom is -0.438 e. The van der Waals surface area contributed by atoms with Gasteiger partial charge in [0.1, 0.15) is 0 Å². The summed E-state index contributed by atoms with van der Waals surface area (Å²) in [4.78, 5) is 13.2. The molecular weight excluding hydrogens is 242 g/mol. The van der Waals surface area contributed by atoms with Crippen molar-refractivity contribution in [3.63, 3.8) is 0 Å². The first-order valence-corrected chi connectivity index (χ1v) is 6.67. The Hall–Kier alpha value is -1.55. The number of aryl methyl sites for hydroxylation is 1. The molecule has 1 aromatic rings. The third-order valence-corrected chi connectivity index (χ3v) is 4.11. The Balaban J connectivity index is 2.13. The van der Waals surface area contributed by atoms with Gasteiger partial charge in [-0.2, -0.15) is 0 Å². The van der Waals surface area contributed by atoms with Crippen molar-refractivity contribution >= 4 is 6.09 Å². The number of likely N-dealkylation sites (N-methyl/N-ethyl adjacent to an activating group) is 1. The van der Waals surface area contributed by atoms with E-state index in [1.807, 2.05) is 37.3 Å². The lowest BCUT2D eigenvalue weighted by Gasteiger charge is -2.37. The molecule has 1 heterocycles. The normalized spacial score (nSPS) is 30.5. The van der Waals surface area contributed by atoms with Crippen LogP contribution in [0.3, 0.4) is 0 Å². The summed E-state index contributed by atoms with van der Waals surface area (Å²) >= 11 is 0. The van der Waals surface area contributed by atoms with Crippen LogP contribution in [0, 0.1) is 0 Å². The monoisotopic (exact) mass is 263 g/mol. The number of hydrogen-bond acceptors (Lipinski definition) is 3. The molecule has 4 heteroatoms. The van der Waals surface area contributed by atoms with Crippen LogP contribution in [0.25, 0.3) is 0 Å². The van der Waals surface area contributed by atoms with Gasteiger partial charge in [-0.3, -0.25) is 4.90 Å². The van der Waals surface area contributed by atoms with Crippen molar-refractivity contribution in [2.75, 3.05) is 6.54 Å². The molecule has 2 atom stereocenters. The van der Waals surface area contributed by atoms with Gasteiger partial charge in [-0.15, -0.1) is 0 Å². The minimum atomic E-state index is -1.27. The first-order valence-electron chi connectivity index (χ1n) is 6.67. The highest BCUT2D eigenvalue weighted by Gasteiger charge is 2.58. The van der Waals surface area contributed by atoms with E-state index in [1.54, 1.807) is 13.8 Å². The van der Waals surface area contributed by atoms with Crippen molar-refractivity contribution < 1.29 is 14.6 Å². The second-order valence-corrected chi connectivity index (χ2v) is 5.35. The summed E-state index contributed by atoms with van der Waals surface area (Å²) in [6, 6.07) is 10.00. The minimum absolute atomic E-state index is 0.437. The molecule has 0 unspecified atom stereocenters. The maximum absolute atomic E-state index is 11.8. The van der Waals surface area contributed by atoms with Crippen LogP contribution in [0.4, 0.5) is 4.79 Å². The zero-order valence-electron chi connectivity index (χ0n) is 11.7. The van der Waals surface area contributed by atoms with Crippen LogP contribution < -0.4 is 0 Å². The number of carbonyl (C=O) groups excluding carboxylic acids is 1. The van der Waals surface area contributed by atoms with Crippen molar-refractivity contribution in [2.45, 2.75) is 44.9 Å². The van der Waals surface area contributed by atoms with Gasteiger partial charge in [-0.05, 0) is 39.2 Å². The largest absolute Gasteiger partial charge is 0.438 e. The van der Waals surface area contributed by atoms with Crippen molar-refractivity contribution in [3.05, 3.63) is 35.9 Å². The summed E-state index contributed by atoms with van der Waals surface area (Å²) < 4.78 is 5.43. The molecule has 104 valence electrons. The molecular formula is C15H21NO3. The molecule has 0 aromatic heterocycles. The number of rotatable bonds is 4. The Kier molecular flexibility index (Phi) is 3.54. The number of ether oxygens (including phenoxy) is 1. The highest BCUT2D eigenvalue weighted by Crippen LogP contribution is 2.40. The van der Waals surface area contributed by atoms with Gasteiger partial charge in [0.05, 0.1) is 0 Å². The lowest BCUT2D eigenvalue weighted by atomic mass is 9.87. The molecule has 1 aliphatic heterocycles. The van der Waals surface area contributed by atoms with Gasteiger partial charge in [0.15, 0.2) is 11.3 Å². The van der Waals surface area contributed by atoms with E-state index in [0.29, 0.717) is 13.0 Å². The lowest BCUT2D eigenvalue weighted by molar-refractivity contribution is -0.138. The number of cyclic esters (lactones) is 1. The molecule has 1 saturated heterocycles. The molecule has 0 spiro atoms. The first-order chi connectivity index (χ1) is 8.90. The quantitative estimate of drug-likeness (QED) is 0.908. The number of nitrogens with zero attached hydrogens (tertiary/aromatic N) is 1. The van der Waals surface area contributed by atoms with Crippen LogP contribution >= 0.6 is 0 Å². The predicted molar refractivity (Wildman–Crippen MR) is 72.7 cm³/mol. The summed E-state index contributed by atoms with van der Waals surface area (Å²) in [6.45, 7) is 5.71. The van der Waals surface area contributed by atoms with Crippen LogP contribution in [-0.4, -0.2) is 34.0 Å². The van der Waals surface area contributed by atoms with Gasteiger partial charge < -0.3 is 9.84 Å². The van der Waals surface area contributed by atoms with Gasteiger partial charge in [0.2, 0.25) is 0 Å². The fraction of sp³-hybridized carbons (Fsp3) is 0.533. The summed E-state index contributed by atoms with van der Waals surface area (Å²) in [5.74, 6) is 0. The maximum Gasteiger partial charge on any atom is 0.412 e. The van der Waals surface area contributed by atoms with Crippen molar-refractivity contribution in [3.8, 4) is 0 Å². The number of amides is 1. The molecule has 4 nitrogen and oxygen atoms in total. The Bertz CT molecular complexity index is 458. The van der Waals surface area contributed by atoms with E-state index < -0.39 is 17.4 Å². The van der Waals surface area contributed by atoms with Gasteiger partial charge >= 0.3 is 6.09 Å². The van der Waals surface area contributed by atoms with Crippen molar-refractivity contribution in [1.29, 1.82) is 0 Å². The molecule has 1 aromatic carbocycles.